The lowest BCUT2D eigenvalue weighted by atomic mass is 10.2. The van der Waals surface area contributed by atoms with E-state index in [2.05, 4.69) is 20.2 Å². The largest absolute Gasteiger partial charge is 0.333 e. The lowest BCUT2D eigenvalue weighted by molar-refractivity contribution is 1.00. The molecule has 1 heterocycles. The Morgan fingerprint density at radius 2 is 1.83 bits per heavy atom. The lowest BCUT2D eigenvalue weighted by Gasteiger charge is -2.03. The fraction of sp³-hybridized carbons (Fsp3) is 0.231. The van der Waals surface area contributed by atoms with E-state index in [0.717, 1.165) is 28.3 Å². The second-order valence-corrected chi connectivity index (χ2v) is 4.47. The van der Waals surface area contributed by atoms with Crippen molar-refractivity contribution in [1.82, 2.24) is 9.97 Å². The van der Waals surface area contributed by atoms with E-state index in [1.807, 2.05) is 45.0 Å². The van der Waals surface area contributed by atoms with Gasteiger partial charge in [-0.15, -0.1) is 5.11 Å². The number of nitrogens with one attached hydrogen (secondary N) is 1. The van der Waals surface area contributed by atoms with E-state index >= 15 is 0 Å². The van der Waals surface area contributed by atoms with E-state index < -0.39 is 0 Å². The maximum atomic E-state index is 5.01. The number of aromatic nitrogens is 2. The summed E-state index contributed by atoms with van der Waals surface area (Å²) in [7, 11) is 0. The summed E-state index contributed by atoms with van der Waals surface area (Å²) in [6.45, 7) is 5.80. The van der Waals surface area contributed by atoms with Crippen molar-refractivity contribution in [2.24, 2.45) is 10.2 Å². The van der Waals surface area contributed by atoms with Crippen molar-refractivity contribution < 1.29 is 0 Å². The van der Waals surface area contributed by atoms with E-state index in [4.69, 9.17) is 12.2 Å². The molecule has 0 saturated carbocycles. The number of H-pyrrole nitrogens is 1. The lowest BCUT2D eigenvalue weighted by Crippen LogP contribution is -1.91. The number of azo groups is 1. The van der Waals surface area contributed by atoms with Crippen molar-refractivity contribution >= 4 is 23.6 Å². The van der Waals surface area contributed by atoms with Gasteiger partial charge in [0.15, 0.2) is 4.77 Å². The van der Waals surface area contributed by atoms with Crippen LogP contribution in [0.1, 0.15) is 17.0 Å². The Hall–Kier alpha value is -1.88. The maximum Gasteiger partial charge on any atom is 0.197 e. The van der Waals surface area contributed by atoms with Crippen LogP contribution in [0.15, 0.2) is 34.5 Å². The van der Waals surface area contributed by atoms with Crippen molar-refractivity contribution in [2.45, 2.75) is 20.8 Å². The predicted octanol–water partition coefficient (Wildman–Crippen LogP) is 4.48. The quantitative estimate of drug-likeness (QED) is 0.637. The molecule has 2 rings (SSSR count). The Morgan fingerprint density at radius 1 is 1.11 bits per heavy atom. The molecule has 0 atom stereocenters. The first-order chi connectivity index (χ1) is 8.58. The Kier molecular flexibility index (Phi) is 3.62. The minimum atomic E-state index is 0.472. The fourth-order valence-corrected chi connectivity index (χ4v) is 1.94. The summed E-state index contributed by atoms with van der Waals surface area (Å²) in [4.78, 5) is 7.16. The molecular formula is C13H14N4S. The normalized spacial score (nSPS) is 11.1. The van der Waals surface area contributed by atoms with Crippen molar-refractivity contribution in [2.75, 3.05) is 0 Å². The van der Waals surface area contributed by atoms with Crippen molar-refractivity contribution in [3.8, 4) is 0 Å². The highest BCUT2D eigenvalue weighted by Crippen LogP contribution is 2.24. The summed E-state index contributed by atoms with van der Waals surface area (Å²) in [5, 5.41) is 8.52. The molecule has 18 heavy (non-hydrogen) atoms. The number of benzene rings is 1. The van der Waals surface area contributed by atoms with Crippen LogP contribution in [-0.4, -0.2) is 9.97 Å². The number of aryl methyl sites for hydroxylation is 3. The number of hydrogen-bond acceptors (Lipinski definition) is 4. The molecule has 0 aliphatic carbocycles. The highest BCUT2D eigenvalue weighted by Gasteiger charge is 2.03. The first-order valence-corrected chi connectivity index (χ1v) is 6.03. The molecular weight excluding hydrogens is 244 g/mol. The zero-order chi connectivity index (χ0) is 13.1. The Labute approximate surface area is 111 Å². The van der Waals surface area contributed by atoms with Crippen LogP contribution < -0.4 is 0 Å². The number of rotatable bonds is 2. The highest BCUT2D eigenvalue weighted by atomic mass is 32.1. The average Bonchev–Trinajstić information content (AvgIpc) is 2.30. The summed E-state index contributed by atoms with van der Waals surface area (Å²) in [6, 6.07) is 7.86. The molecule has 2 aromatic rings. The number of nitrogens with zero attached hydrogens (tertiary/aromatic N) is 3. The summed E-state index contributed by atoms with van der Waals surface area (Å²) >= 11 is 5.01. The van der Waals surface area contributed by atoms with E-state index in [9.17, 15) is 0 Å². The molecule has 0 radical (unpaired) electrons. The minimum absolute atomic E-state index is 0.472. The predicted molar refractivity (Wildman–Crippen MR) is 74.3 cm³/mol. The van der Waals surface area contributed by atoms with Gasteiger partial charge in [0.05, 0.1) is 11.4 Å². The third-order valence-electron chi connectivity index (χ3n) is 2.63. The molecule has 0 bridgehead atoms. The van der Waals surface area contributed by atoms with E-state index in [1.165, 1.54) is 0 Å². The van der Waals surface area contributed by atoms with Crippen LogP contribution in [-0.2, 0) is 0 Å². The number of aromatic amines is 1. The van der Waals surface area contributed by atoms with Crippen LogP contribution in [0.4, 0.5) is 11.4 Å². The molecule has 0 spiro atoms. The fourth-order valence-electron chi connectivity index (χ4n) is 1.65. The molecule has 0 aliphatic rings. The van der Waals surface area contributed by atoms with Gasteiger partial charge in [-0.1, -0.05) is 18.2 Å². The SMILES string of the molecule is Cc1ccccc1N=Nc1c(C)nc(=S)[nH]c1C. The van der Waals surface area contributed by atoms with Crippen molar-refractivity contribution in [3.63, 3.8) is 0 Å². The van der Waals surface area contributed by atoms with Crippen LogP contribution in [0.5, 0.6) is 0 Å². The Bertz CT molecular complexity index is 632. The van der Waals surface area contributed by atoms with Crippen LogP contribution in [0.25, 0.3) is 0 Å². The van der Waals surface area contributed by atoms with Gasteiger partial charge in [0.1, 0.15) is 5.69 Å². The minimum Gasteiger partial charge on any atom is -0.333 e. The topological polar surface area (TPSA) is 53.4 Å². The summed E-state index contributed by atoms with van der Waals surface area (Å²) in [5.74, 6) is 0. The second-order valence-electron chi connectivity index (χ2n) is 4.09. The first-order valence-electron chi connectivity index (χ1n) is 5.63. The molecule has 0 unspecified atom stereocenters. The van der Waals surface area contributed by atoms with Gasteiger partial charge >= 0.3 is 0 Å². The molecule has 0 saturated heterocycles. The van der Waals surface area contributed by atoms with Gasteiger partial charge < -0.3 is 4.98 Å². The molecule has 1 N–H and O–H groups in total. The number of hydrogen-bond donors (Lipinski definition) is 1. The van der Waals surface area contributed by atoms with Gasteiger partial charge in [0, 0.05) is 5.69 Å². The molecule has 1 aromatic carbocycles. The Balaban J connectivity index is 2.41. The summed E-state index contributed by atoms with van der Waals surface area (Å²) in [5.41, 5.74) is 4.36. The van der Waals surface area contributed by atoms with E-state index in [1.54, 1.807) is 0 Å². The van der Waals surface area contributed by atoms with Gasteiger partial charge in [-0.3, -0.25) is 0 Å². The third kappa shape index (κ3) is 2.68. The van der Waals surface area contributed by atoms with Gasteiger partial charge in [-0.2, -0.15) is 5.11 Å². The van der Waals surface area contributed by atoms with E-state index in [0.29, 0.717) is 4.77 Å². The molecule has 0 amide bonds. The zero-order valence-corrected chi connectivity index (χ0v) is 11.4. The van der Waals surface area contributed by atoms with Gasteiger partial charge in [-0.05, 0) is 44.6 Å². The average molecular weight is 258 g/mol. The molecule has 0 aliphatic heterocycles. The molecule has 0 fully saturated rings. The van der Waals surface area contributed by atoms with Gasteiger partial charge in [0.25, 0.3) is 0 Å². The van der Waals surface area contributed by atoms with Crippen LogP contribution in [0.2, 0.25) is 0 Å². The standard InChI is InChI=1S/C13H14N4S/c1-8-6-4-5-7-11(8)16-17-12-9(2)14-13(18)15-10(12)3/h4-7H,1-3H3,(H,14,15,18). The molecule has 1 aromatic heterocycles. The van der Waals surface area contributed by atoms with E-state index in [-0.39, 0.29) is 0 Å². The van der Waals surface area contributed by atoms with Gasteiger partial charge in [0.2, 0.25) is 0 Å². The summed E-state index contributed by atoms with van der Waals surface area (Å²) < 4.78 is 0.472. The van der Waals surface area contributed by atoms with Crippen LogP contribution >= 0.6 is 12.2 Å². The second kappa shape index (κ2) is 5.18. The summed E-state index contributed by atoms with van der Waals surface area (Å²) in [6.07, 6.45) is 0. The highest BCUT2D eigenvalue weighted by molar-refractivity contribution is 7.71. The zero-order valence-electron chi connectivity index (χ0n) is 10.6. The van der Waals surface area contributed by atoms with Crippen molar-refractivity contribution in [3.05, 3.63) is 46.0 Å². The molecule has 5 heteroatoms. The third-order valence-corrected chi connectivity index (χ3v) is 2.83. The first kappa shape index (κ1) is 12.6. The molecule has 4 nitrogen and oxygen atoms in total. The maximum absolute atomic E-state index is 5.01. The smallest absolute Gasteiger partial charge is 0.197 e. The van der Waals surface area contributed by atoms with Crippen LogP contribution in [0, 0.1) is 25.5 Å². The van der Waals surface area contributed by atoms with Crippen molar-refractivity contribution in [1.29, 1.82) is 0 Å². The molecule has 92 valence electrons. The Morgan fingerprint density at radius 3 is 2.50 bits per heavy atom. The van der Waals surface area contributed by atoms with Gasteiger partial charge in [-0.25, -0.2) is 4.98 Å². The monoisotopic (exact) mass is 258 g/mol. The van der Waals surface area contributed by atoms with Crippen LogP contribution in [0.3, 0.4) is 0 Å².